The topological polar surface area (TPSA) is 173 Å². The molecule has 5 rings (SSSR count). The van der Waals surface area contributed by atoms with Gasteiger partial charge in [-0.25, -0.2) is 35.9 Å². The molecule has 4 aromatic heterocycles. The number of piperidine rings is 1. The van der Waals surface area contributed by atoms with E-state index in [-0.39, 0.29) is 31.3 Å². The minimum atomic E-state index is -2.72. The fraction of sp³-hybridized carbons (Fsp3) is 0.450. The highest BCUT2D eigenvalue weighted by Crippen LogP contribution is 2.30. The Morgan fingerprint density at radius 3 is 2.68 bits per heavy atom. The number of nitrogens with two attached hydrogens (primary N) is 1. The Morgan fingerprint density at radius 2 is 2.05 bits per heavy atom. The Bertz CT molecular complexity index is 1460. The molecule has 1 saturated heterocycles. The molecule has 18 heteroatoms. The van der Waals surface area contributed by atoms with E-state index in [0.717, 1.165) is 0 Å². The van der Waals surface area contributed by atoms with Gasteiger partial charge >= 0.3 is 0 Å². The molecule has 0 bridgehead atoms. The van der Waals surface area contributed by atoms with Crippen LogP contribution >= 0.6 is 0 Å². The third kappa shape index (κ3) is 6.37. The molecule has 0 spiro atoms. The Balaban J connectivity index is 0.000000257. The zero-order valence-corrected chi connectivity index (χ0v) is 20.9. The first-order chi connectivity index (χ1) is 17.9. The third-order valence-electron chi connectivity index (χ3n) is 5.48. The largest absolute Gasteiger partial charge is 0.366 e. The Kier molecular flexibility index (Phi) is 7.87. The first-order valence-electron chi connectivity index (χ1n) is 11.3. The van der Waals surface area contributed by atoms with Crippen LogP contribution in [0.2, 0.25) is 0 Å². The van der Waals surface area contributed by atoms with Gasteiger partial charge in [-0.05, 0) is 24.6 Å². The second kappa shape index (κ2) is 10.8. The number of fused-ring (bicyclic) bond motifs is 2. The normalized spacial score (nSPS) is 16.8. The molecule has 1 aliphatic heterocycles. The van der Waals surface area contributed by atoms with E-state index in [0.29, 0.717) is 40.9 Å². The Labute approximate surface area is 217 Å². The number of nitrogens with zero attached hydrogens (tertiary/aromatic N) is 8. The highest BCUT2D eigenvalue weighted by atomic mass is 32.2. The average Bonchev–Trinajstić information content (AvgIpc) is 3.42. The number of aliphatic hydroxyl groups is 2. The number of hydrogen-bond acceptors (Lipinski definition) is 10. The molecule has 0 amide bonds. The van der Waals surface area contributed by atoms with Crippen molar-refractivity contribution in [2.75, 3.05) is 37.1 Å². The molecule has 0 aliphatic carbocycles. The van der Waals surface area contributed by atoms with E-state index in [9.17, 15) is 27.6 Å². The lowest BCUT2D eigenvalue weighted by Gasteiger charge is -2.30. The van der Waals surface area contributed by atoms with Gasteiger partial charge in [0.05, 0.1) is 29.8 Å². The second-order valence-electron chi connectivity index (χ2n) is 8.48. The van der Waals surface area contributed by atoms with Gasteiger partial charge in [0.1, 0.15) is 17.7 Å². The predicted molar refractivity (Wildman–Crippen MR) is 134 cm³/mol. The maximum Gasteiger partial charge on any atom is 0.261 e. The summed E-state index contributed by atoms with van der Waals surface area (Å²) in [5.41, 5.74) is 7.97. The SMILES string of the molecule is CS(=O)N1CCCC(F)(F)C1.[B]C(O)(O)Nc1nc(N)nn2ccc(-c3ccc4nnn(CCF)c4n3)c12. The lowest BCUT2D eigenvalue weighted by atomic mass is 10.0. The van der Waals surface area contributed by atoms with Crippen LogP contribution in [-0.2, 0) is 17.5 Å². The number of hydrogen-bond donors (Lipinski definition) is 4. The molecule has 5 N–H and O–H groups in total. The van der Waals surface area contributed by atoms with Gasteiger partial charge in [0, 0.05) is 31.0 Å². The summed E-state index contributed by atoms with van der Waals surface area (Å²) in [4.78, 5) is 8.47. The number of nitrogens with one attached hydrogen (secondary N) is 1. The van der Waals surface area contributed by atoms with Gasteiger partial charge in [-0.15, -0.1) is 10.2 Å². The second-order valence-corrected chi connectivity index (χ2v) is 9.84. The van der Waals surface area contributed by atoms with Gasteiger partial charge in [0.2, 0.25) is 5.95 Å². The van der Waals surface area contributed by atoms with Crippen LogP contribution in [0.3, 0.4) is 0 Å². The molecule has 1 aliphatic rings. The van der Waals surface area contributed by atoms with Crippen LogP contribution in [0, 0.1) is 0 Å². The van der Waals surface area contributed by atoms with E-state index >= 15 is 0 Å². The molecule has 0 aromatic carbocycles. The standard InChI is InChI=1S/C14H13BFN9O2.C6H11F2NOS/c15-14(26,27)20-11-10-7(3-5-24(10)22-13(17)19-11)8-1-2-9-12(18-8)25(6-4-16)23-21-9;1-11(10)9-4-2-3-6(7,8)5-9/h1-3,5,26-27H,4,6H2,(H3,17,19,20,22);2-5H2,1H3. The molecule has 0 saturated carbocycles. The van der Waals surface area contributed by atoms with Gasteiger partial charge in [-0.1, -0.05) is 5.21 Å². The number of anilines is 2. The zero-order valence-electron chi connectivity index (χ0n) is 20.1. The summed E-state index contributed by atoms with van der Waals surface area (Å²) >= 11 is 0. The van der Waals surface area contributed by atoms with Crippen LogP contribution in [0.5, 0.6) is 0 Å². The lowest BCUT2D eigenvalue weighted by molar-refractivity contribution is -0.0595. The summed E-state index contributed by atoms with van der Waals surface area (Å²) in [5, 5.41) is 33.1. The fourth-order valence-corrected chi connectivity index (χ4v) is 4.65. The smallest absolute Gasteiger partial charge is 0.261 e. The maximum absolute atomic E-state index is 12.7. The van der Waals surface area contributed by atoms with E-state index < -0.39 is 29.4 Å². The number of nitrogen functional groups attached to an aromatic ring is 1. The first-order valence-corrected chi connectivity index (χ1v) is 12.8. The van der Waals surface area contributed by atoms with Crippen molar-refractivity contribution < 1.29 is 27.6 Å². The summed E-state index contributed by atoms with van der Waals surface area (Å²) in [6, 6.07) is 5.08. The summed E-state index contributed by atoms with van der Waals surface area (Å²) < 4.78 is 52.8. The molecule has 13 nitrogen and oxygen atoms in total. The number of alkyl halides is 3. The van der Waals surface area contributed by atoms with Crippen LogP contribution in [0.25, 0.3) is 27.9 Å². The molecule has 2 radical (unpaired) electrons. The highest BCUT2D eigenvalue weighted by molar-refractivity contribution is 7.81. The lowest BCUT2D eigenvalue weighted by Crippen LogP contribution is -2.42. The molecule has 4 aromatic rings. The van der Waals surface area contributed by atoms with Crippen molar-refractivity contribution in [2.24, 2.45) is 0 Å². The molecular weight excluding hydrogens is 528 g/mol. The van der Waals surface area contributed by atoms with Gasteiger partial charge in [0.25, 0.3) is 5.92 Å². The van der Waals surface area contributed by atoms with Gasteiger partial charge < -0.3 is 21.3 Å². The molecule has 202 valence electrons. The van der Waals surface area contributed by atoms with Crippen LogP contribution in [0.1, 0.15) is 12.8 Å². The number of halogens is 3. The van der Waals surface area contributed by atoms with Crippen molar-refractivity contribution in [3.05, 3.63) is 24.4 Å². The van der Waals surface area contributed by atoms with E-state index in [2.05, 4.69) is 30.7 Å². The summed E-state index contributed by atoms with van der Waals surface area (Å²) in [6.07, 6.45) is 3.40. The van der Waals surface area contributed by atoms with E-state index in [1.54, 1.807) is 24.4 Å². The van der Waals surface area contributed by atoms with E-state index in [1.807, 2.05) is 0 Å². The monoisotopic (exact) mass is 552 g/mol. The summed E-state index contributed by atoms with van der Waals surface area (Å²) in [6.45, 7) is -0.401. The number of pyridine rings is 1. The third-order valence-corrected chi connectivity index (χ3v) is 6.52. The van der Waals surface area contributed by atoms with Crippen LogP contribution < -0.4 is 11.1 Å². The van der Waals surface area contributed by atoms with E-state index in [1.165, 1.54) is 19.8 Å². The Hall–Kier alpha value is -3.35. The number of rotatable bonds is 6. The molecule has 1 unspecified atom stereocenters. The quantitative estimate of drug-likeness (QED) is 0.192. The van der Waals surface area contributed by atoms with Crippen molar-refractivity contribution in [2.45, 2.75) is 31.1 Å². The van der Waals surface area contributed by atoms with Gasteiger partial charge in [-0.3, -0.25) is 0 Å². The molecular formula is C20H24BF3N10O3S. The molecule has 1 fully saturated rings. The van der Waals surface area contributed by atoms with Crippen LogP contribution in [0.15, 0.2) is 24.4 Å². The first kappa shape index (κ1) is 27.7. The van der Waals surface area contributed by atoms with Crippen molar-refractivity contribution >= 4 is 47.3 Å². The van der Waals surface area contributed by atoms with Gasteiger partial charge in [-0.2, -0.15) is 4.98 Å². The van der Waals surface area contributed by atoms with Crippen molar-refractivity contribution in [3.63, 3.8) is 0 Å². The van der Waals surface area contributed by atoms with E-state index in [4.69, 9.17) is 13.6 Å². The minimum absolute atomic E-state index is 0.00714. The van der Waals surface area contributed by atoms with Crippen LogP contribution in [0.4, 0.5) is 24.9 Å². The summed E-state index contributed by atoms with van der Waals surface area (Å²) in [5.74, 6) is -5.47. The molecule has 5 heterocycles. The Morgan fingerprint density at radius 1 is 1.29 bits per heavy atom. The maximum atomic E-state index is 12.7. The fourth-order valence-electron chi connectivity index (χ4n) is 3.89. The van der Waals surface area contributed by atoms with Gasteiger partial charge in [0.15, 0.2) is 25.1 Å². The minimum Gasteiger partial charge on any atom is -0.366 e. The van der Waals surface area contributed by atoms with Crippen molar-refractivity contribution in [1.29, 1.82) is 0 Å². The van der Waals surface area contributed by atoms with Crippen molar-refractivity contribution in [3.8, 4) is 11.3 Å². The zero-order chi connectivity index (χ0) is 27.7. The summed E-state index contributed by atoms with van der Waals surface area (Å²) in [7, 11) is 3.95. The predicted octanol–water partition coefficient (Wildman–Crippen LogP) is 0.275. The average molecular weight is 552 g/mol. The van der Waals surface area contributed by atoms with Crippen LogP contribution in [-0.4, -0.2) is 98.9 Å². The number of aromatic nitrogens is 7. The molecule has 38 heavy (non-hydrogen) atoms. The number of aryl methyl sites for hydroxylation is 1. The highest BCUT2D eigenvalue weighted by Gasteiger charge is 2.36. The molecule has 1 atom stereocenters. The van der Waals surface area contributed by atoms with Crippen molar-refractivity contribution in [1.82, 2.24) is 38.9 Å².